The van der Waals surface area contributed by atoms with E-state index in [0.29, 0.717) is 6.61 Å². The number of benzene rings is 1. The van der Waals surface area contributed by atoms with E-state index < -0.39 is 0 Å². The minimum Gasteiger partial charge on any atom is -0.485 e. The molecule has 0 spiro atoms. The van der Waals surface area contributed by atoms with E-state index in [1.807, 2.05) is 35.9 Å². The SMILES string of the molecule is Cc1sc2ncnc(Sc3nnc(C4COc5ccccc5O4)n3C)c2c1C. The first-order chi connectivity index (χ1) is 13.6. The summed E-state index contributed by atoms with van der Waals surface area (Å²) in [6, 6.07) is 7.64. The number of nitrogens with zero attached hydrogens (tertiary/aromatic N) is 5. The average Bonchev–Trinajstić information content (AvgIpc) is 3.21. The molecule has 1 atom stereocenters. The zero-order valence-electron chi connectivity index (χ0n) is 15.5. The summed E-state index contributed by atoms with van der Waals surface area (Å²) in [5, 5.41) is 11.5. The molecule has 0 N–H and O–H groups in total. The summed E-state index contributed by atoms with van der Waals surface area (Å²) in [7, 11) is 1.94. The molecule has 0 fully saturated rings. The van der Waals surface area contributed by atoms with Crippen molar-refractivity contribution >= 4 is 33.3 Å². The van der Waals surface area contributed by atoms with Gasteiger partial charge in [0.25, 0.3) is 0 Å². The molecule has 28 heavy (non-hydrogen) atoms. The topological polar surface area (TPSA) is 75.0 Å². The third-order valence-electron chi connectivity index (χ3n) is 4.78. The van der Waals surface area contributed by atoms with E-state index in [-0.39, 0.29) is 6.10 Å². The van der Waals surface area contributed by atoms with Crippen LogP contribution < -0.4 is 9.47 Å². The molecular formula is C19H17N5O2S2. The van der Waals surface area contributed by atoms with E-state index in [9.17, 15) is 0 Å². The molecule has 1 aromatic carbocycles. The lowest BCUT2D eigenvalue weighted by Gasteiger charge is -2.25. The molecule has 9 heteroatoms. The smallest absolute Gasteiger partial charge is 0.197 e. The Morgan fingerprint density at radius 3 is 2.82 bits per heavy atom. The summed E-state index contributed by atoms with van der Waals surface area (Å²) in [6.45, 7) is 4.61. The van der Waals surface area contributed by atoms with Gasteiger partial charge in [0.15, 0.2) is 28.6 Å². The van der Waals surface area contributed by atoms with Gasteiger partial charge in [-0.2, -0.15) is 0 Å². The third-order valence-corrected chi connectivity index (χ3v) is 6.94. The lowest BCUT2D eigenvalue weighted by Crippen LogP contribution is -2.24. The predicted octanol–water partition coefficient (Wildman–Crippen LogP) is 4.10. The summed E-state index contributed by atoms with van der Waals surface area (Å²) in [5.41, 5.74) is 1.21. The zero-order chi connectivity index (χ0) is 19.3. The van der Waals surface area contributed by atoms with Crippen molar-refractivity contribution in [2.24, 2.45) is 7.05 Å². The molecule has 4 aromatic rings. The van der Waals surface area contributed by atoms with Crippen LogP contribution in [0.4, 0.5) is 0 Å². The second kappa shape index (κ2) is 6.75. The molecule has 0 amide bonds. The van der Waals surface area contributed by atoms with E-state index in [0.717, 1.165) is 37.7 Å². The zero-order valence-corrected chi connectivity index (χ0v) is 17.2. The minimum atomic E-state index is -0.308. The first-order valence-electron chi connectivity index (χ1n) is 8.78. The molecule has 0 saturated carbocycles. The monoisotopic (exact) mass is 411 g/mol. The quantitative estimate of drug-likeness (QED) is 0.470. The number of aromatic nitrogens is 5. The lowest BCUT2D eigenvalue weighted by atomic mass is 10.2. The highest BCUT2D eigenvalue weighted by molar-refractivity contribution is 7.99. The van der Waals surface area contributed by atoms with E-state index in [1.165, 1.54) is 22.2 Å². The minimum absolute atomic E-state index is 0.308. The van der Waals surface area contributed by atoms with Crippen LogP contribution >= 0.6 is 23.1 Å². The van der Waals surface area contributed by atoms with Crippen LogP contribution in [0.15, 0.2) is 40.8 Å². The van der Waals surface area contributed by atoms with Crippen molar-refractivity contribution in [3.63, 3.8) is 0 Å². The molecule has 1 aliphatic rings. The third kappa shape index (κ3) is 2.82. The summed E-state index contributed by atoms with van der Waals surface area (Å²) >= 11 is 3.18. The van der Waals surface area contributed by atoms with Gasteiger partial charge < -0.3 is 14.0 Å². The van der Waals surface area contributed by atoms with Gasteiger partial charge in [-0.15, -0.1) is 21.5 Å². The van der Waals surface area contributed by atoms with Crippen LogP contribution in [-0.4, -0.2) is 31.3 Å². The molecule has 1 aliphatic heterocycles. The standard InChI is InChI=1S/C19H17N5O2S2/c1-10-11(2)27-17-15(10)18(21-9-20-17)28-19-23-22-16(24(19)3)14-8-25-12-6-4-5-7-13(12)26-14/h4-7,9,14H,8H2,1-3H3. The van der Waals surface area contributed by atoms with Gasteiger partial charge in [-0.05, 0) is 43.3 Å². The number of rotatable bonds is 3. The Labute approximate surface area is 169 Å². The van der Waals surface area contributed by atoms with E-state index in [4.69, 9.17) is 9.47 Å². The Bertz CT molecular complexity index is 1190. The van der Waals surface area contributed by atoms with Gasteiger partial charge in [0, 0.05) is 17.3 Å². The lowest BCUT2D eigenvalue weighted by molar-refractivity contribution is 0.0825. The van der Waals surface area contributed by atoms with Crippen LogP contribution in [0.25, 0.3) is 10.2 Å². The summed E-state index contributed by atoms with van der Waals surface area (Å²) in [6.07, 6.45) is 1.30. The molecular weight excluding hydrogens is 394 g/mol. The largest absolute Gasteiger partial charge is 0.485 e. The van der Waals surface area contributed by atoms with Crippen LogP contribution in [0.1, 0.15) is 22.4 Å². The van der Waals surface area contributed by atoms with Gasteiger partial charge in [0.05, 0.1) is 0 Å². The normalized spacial score (nSPS) is 15.9. The van der Waals surface area contributed by atoms with Crippen molar-refractivity contribution in [1.82, 2.24) is 24.7 Å². The van der Waals surface area contributed by atoms with Gasteiger partial charge in [0.1, 0.15) is 22.8 Å². The van der Waals surface area contributed by atoms with Crippen molar-refractivity contribution in [3.05, 3.63) is 46.9 Å². The van der Waals surface area contributed by atoms with Gasteiger partial charge in [-0.25, -0.2) is 9.97 Å². The van der Waals surface area contributed by atoms with Crippen molar-refractivity contribution in [1.29, 1.82) is 0 Å². The Morgan fingerprint density at radius 2 is 1.96 bits per heavy atom. The van der Waals surface area contributed by atoms with Crippen LogP contribution in [0, 0.1) is 13.8 Å². The molecule has 1 unspecified atom stereocenters. The molecule has 5 rings (SSSR count). The van der Waals surface area contributed by atoms with Crippen LogP contribution in [0.5, 0.6) is 11.5 Å². The summed E-state index contributed by atoms with van der Waals surface area (Å²) in [4.78, 5) is 11.1. The Hall–Kier alpha value is -2.65. The van der Waals surface area contributed by atoms with Crippen LogP contribution in [0.2, 0.25) is 0 Å². The number of thiophene rings is 1. The summed E-state index contributed by atoms with van der Waals surface area (Å²) in [5.74, 6) is 2.19. The average molecular weight is 412 g/mol. The molecule has 0 bridgehead atoms. The van der Waals surface area contributed by atoms with E-state index in [2.05, 4.69) is 34.0 Å². The van der Waals surface area contributed by atoms with Crippen LogP contribution in [0.3, 0.4) is 0 Å². The molecule has 0 aliphatic carbocycles. The van der Waals surface area contributed by atoms with Gasteiger partial charge in [-0.3, -0.25) is 0 Å². The number of hydrogen-bond acceptors (Lipinski definition) is 8. The Morgan fingerprint density at radius 1 is 1.14 bits per heavy atom. The van der Waals surface area contributed by atoms with Gasteiger partial charge in [-0.1, -0.05) is 12.1 Å². The highest BCUT2D eigenvalue weighted by Gasteiger charge is 2.28. The summed E-state index contributed by atoms with van der Waals surface area (Å²) < 4.78 is 13.8. The maximum absolute atomic E-state index is 6.07. The fraction of sp³-hybridized carbons (Fsp3) is 0.263. The van der Waals surface area contributed by atoms with Crippen molar-refractivity contribution in [3.8, 4) is 11.5 Å². The molecule has 0 radical (unpaired) electrons. The maximum atomic E-state index is 6.07. The predicted molar refractivity (Wildman–Crippen MR) is 107 cm³/mol. The molecule has 142 valence electrons. The number of hydrogen-bond donors (Lipinski definition) is 0. The molecule has 3 aromatic heterocycles. The highest BCUT2D eigenvalue weighted by Crippen LogP contribution is 2.38. The molecule has 0 saturated heterocycles. The van der Waals surface area contributed by atoms with Gasteiger partial charge >= 0.3 is 0 Å². The number of para-hydroxylation sites is 2. The Kier molecular flexibility index (Phi) is 4.21. The van der Waals surface area contributed by atoms with Crippen molar-refractivity contribution in [2.75, 3.05) is 6.61 Å². The second-order valence-electron chi connectivity index (χ2n) is 6.51. The van der Waals surface area contributed by atoms with Crippen molar-refractivity contribution < 1.29 is 9.47 Å². The number of aryl methyl sites for hydroxylation is 2. The first-order valence-corrected chi connectivity index (χ1v) is 10.4. The fourth-order valence-corrected chi connectivity index (χ4v) is 5.15. The first kappa shape index (κ1) is 17.4. The number of fused-ring (bicyclic) bond motifs is 2. The highest BCUT2D eigenvalue weighted by atomic mass is 32.2. The van der Waals surface area contributed by atoms with E-state index in [1.54, 1.807) is 17.7 Å². The van der Waals surface area contributed by atoms with Gasteiger partial charge in [0.2, 0.25) is 0 Å². The van der Waals surface area contributed by atoms with Crippen molar-refractivity contribution in [2.45, 2.75) is 30.1 Å². The maximum Gasteiger partial charge on any atom is 0.197 e. The molecule has 4 heterocycles. The number of ether oxygens (including phenoxy) is 2. The van der Waals surface area contributed by atoms with E-state index >= 15 is 0 Å². The fourth-order valence-electron chi connectivity index (χ4n) is 3.16. The second-order valence-corrected chi connectivity index (χ2v) is 8.67. The Balaban J connectivity index is 1.46. The van der Waals surface area contributed by atoms with Crippen LogP contribution in [-0.2, 0) is 7.05 Å². The molecule has 7 nitrogen and oxygen atoms in total.